The van der Waals surface area contributed by atoms with Crippen molar-refractivity contribution in [3.8, 4) is 6.07 Å². The molecule has 1 aromatic rings. The predicted octanol–water partition coefficient (Wildman–Crippen LogP) is 2.17. The van der Waals surface area contributed by atoms with Gasteiger partial charge in [-0.05, 0) is 31.5 Å². The lowest BCUT2D eigenvalue weighted by Crippen LogP contribution is -2.35. The van der Waals surface area contributed by atoms with E-state index in [-0.39, 0.29) is 6.04 Å². The first-order chi connectivity index (χ1) is 7.22. The highest BCUT2D eigenvalue weighted by atomic mass is 15.1. The van der Waals surface area contributed by atoms with Crippen molar-refractivity contribution < 1.29 is 0 Å². The molecule has 0 amide bonds. The van der Waals surface area contributed by atoms with E-state index in [0.29, 0.717) is 5.92 Å². The lowest BCUT2D eigenvalue weighted by molar-refractivity contribution is 0.272. The van der Waals surface area contributed by atoms with Crippen LogP contribution in [0, 0.1) is 11.3 Å². The maximum Gasteiger partial charge on any atom is 0.0947 e. The van der Waals surface area contributed by atoms with Gasteiger partial charge in [-0.25, -0.2) is 0 Å². The fourth-order valence-corrected chi connectivity index (χ4v) is 2.13. The molecule has 15 heavy (non-hydrogen) atoms. The van der Waals surface area contributed by atoms with Crippen LogP contribution in [-0.2, 0) is 6.42 Å². The van der Waals surface area contributed by atoms with Gasteiger partial charge in [0.05, 0.1) is 12.1 Å². The molecule has 0 heterocycles. The molecular weight excluding hydrogens is 184 g/mol. The Kier molecular flexibility index (Phi) is 2.75. The van der Waals surface area contributed by atoms with Gasteiger partial charge in [-0.2, -0.15) is 5.26 Å². The molecule has 0 saturated carbocycles. The molecule has 2 unspecified atom stereocenters. The number of nitrogens with zero attached hydrogens (tertiary/aromatic N) is 2. The van der Waals surface area contributed by atoms with Gasteiger partial charge >= 0.3 is 0 Å². The molecule has 1 aliphatic carbocycles. The van der Waals surface area contributed by atoms with Crippen molar-refractivity contribution in [1.29, 1.82) is 5.26 Å². The van der Waals surface area contributed by atoms with Gasteiger partial charge in [0, 0.05) is 12.5 Å². The van der Waals surface area contributed by atoms with E-state index in [2.05, 4.69) is 35.2 Å². The quantitative estimate of drug-likeness (QED) is 0.747. The van der Waals surface area contributed by atoms with Gasteiger partial charge in [-0.3, -0.25) is 4.90 Å². The highest BCUT2D eigenvalue weighted by Gasteiger charge is 2.27. The molecule has 2 atom stereocenters. The van der Waals surface area contributed by atoms with E-state index in [1.54, 1.807) is 0 Å². The largest absolute Gasteiger partial charge is 0.291 e. The number of hydrogen-bond donors (Lipinski definition) is 0. The average Bonchev–Trinajstić information content (AvgIpc) is 2.24. The molecule has 2 nitrogen and oxygen atoms in total. The SMILES string of the molecule is CC(C#N)N(C)CC1Cc2ccccc21. The number of fused-ring (bicyclic) bond motifs is 1. The Morgan fingerprint density at radius 3 is 2.93 bits per heavy atom. The van der Waals surface area contributed by atoms with E-state index < -0.39 is 0 Å². The fourth-order valence-electron chi connectivity index (χ4n) is 2.13. The summed E-state index contributed by atoms with van der Waals surface area (Å²) in [6, 6.07) is 10.9. The van der Waals surface area contributed by atoms with E-state index in [9.17, 15) is 0 Å². The molecule has 2 heteroatoms. The standard InChI is InChI=1S/C13H16N2/c1-10(8-14)15(2)9-12-7-11-5-3-4-6-13(11)12/h3-6,10,12H,7,9H2,1-2H3. The zero-order valence-corrected chi connectivity index (χ0v) is 9.27. The van der Waals surface area contributed by atoms with Crippen molar-refractivity contribution >= 4 is 0 Å². The summed E-state index contributed by atoms with van der Waals surface area (Å²) in [5.41, 5.74) is 2.94. The first-order valence-electron chi connectivity index (χ1n) is 5.40. The molecule has 0 bridgehead atoms. The molecular formula is C13H16N2. The first-order valence-corrected chi connectivity index (χ1v) is 5.40. The zero-order valence-electron chi connectivity index (χ0n) is 9.27. The van der Waals surface area contributed by atoms with Crippen LogP contribution in [0.2, 0.25) is 0 Å². The molecule has 0 aliphatic heterocycles. The first kappa shape index (κ1) is 10.2. The van der Waals surface area contributed by atoms with Crippen LogP contribution in [0.25, 0.3) is 0 Å². The maximum absolute atomic E-state index is 8.81. The lowest BCUT2D eigenvalue weighted by Gasteiger charge is -2.34. The van der Waals surface area contributed by atoms with Crippen LogP contribution in [0.3, 0.4) is 0 Å². The second kappa shape index (κ2) is 4.04. The Bertz CT molecular complexity index is 392. The van der Waals surface area contributed by atoms with Gasteiger partial charge in [0.1, 0.15) is 0 Å². The van der Waals surface area contributed by atoms with Crippen molar-refractivity contribution in [3.05, 3.63) is 35.4 Å². The molecule has 0 radical (unpaired) electrons. The van der Waals surface area contributed by atoms with Crippen LogP contribution in [-0.4, -0.2) is 24.5 Å². The summed E-state index contributed by atoms with van der Waals surface area (Å²) in [5, 5.41) is 8.81. The summed E-state index contributed by atoms with van der Waals surface area (Å²) >= 11 is 0. The van der Waals surface area contributed by atoms with Crippen molar-refractivity contribution in [2.45, 2.75) is 25.3 Å². The molecule has 0 saturated heterocycles. The van der Waals surface area contributed by atoms with E-state index in [1.165, 1.54) is 17.5 Å². The number of nitriles is 1. The highest BCUT2D eigenvalue weighted by Crippen LogP contribution is 2.35. The van der Waals surface area contributed by atoms with Crippen molar-refractivity contribution in [1.82, 2.24) is 4.90 Å². The molecule has 0 aromatic heterocycles. The van der Waals surface area contributed by atoms with Crippen LogP contribution in [0.4, 0.5) is 0 Å². The Balaban J connectivity index is 1.98. The third-order valence-corrected chi connectivity index (χ3v) is 3.32. The summed E-state index contributed by atoms with van der Waals surface area (Å²) in [4.78, 5) is 2.13. The van der Waals surface area contributed by atoms with Gasteiger partial charge in [0.15, 0.2) is 0 Å². The topological polar surface area (TPSA) is 27.0 Å². The summed E-state index contributed by atoms with van der Waals surface area (Å²) in [6.45, 7) is 2.94. The Labute approximate surface area is 91.1 Å². The van der Waals surface area contributed by atoms with Crippen molar-refractivity contribution in [3.63, 3.8) is 0 Å². The summed E-state index contributed by atoms with van der Waals surface area (Å²) in [6.07, 6.45) is 1.17. The van der Waals surface area contributed by atoms with E-state index in [4.69, 9.17) is 5.26 Å². The minimum atomic E-state index is 0.0118. The Morgan fingerprint density at radius 1 is 1.53 bits per heavy atom. The summed E-state index contributed by atoms with van der Waals surface area (Å²) in [5.74, 6) is 0.627. The smallest absolute Gasteiger partial charge is 0.0947 e. The second-order valence-electron chi connectivity index (χ2n) is 4.34. The summed E-state index contributed by atoms with van der Waals surface area (Å²) < 4.78 is 0. The van der Waals surface area contributed by atoms with Gasteiger partial charge in [-0.1, -0.05) is 24.3 Å². The Morgan fingerprint density at radius 2 is 2.27 bits per heavy atom. The second-order valence-corrected chi connectivity index (χ2v) is 4.34. The normalized spacial score (nSPS) is 20.3. The summed E-state index contributed by atoms with van der Waals surface area (Å²) in [7, 11) is 2.02. The molecule has 1 aromatic carbocycles. The number of hydrogen-bond acceptors (Lipinski definition) is 2. The minimum absolute atomic E-state index is 0.0118. The van der Waals surface area contributed by atoms with Gasteiger partial charge in [-0.15, -0.1) is 0 Å². The minimum Gasteiger partial charge on any atom is -0.291 e. The van der Waals surface area contributed by atoms with E-state index in [0.717, 1.165) is 6.54 Å². The predicted molar refractivity (Wildman–Crippen MR) is 60.6 cm³/mol. The monoisotopic (exact) mass is 200 g/mol. The number of likely N-dealkylation sites (N-methyl/N-ethyl adjacent to an activating group) is 1. The fraction of sp³-hybridized carbons (Fsp3) is 0.462. The number of benzene rings is 1. The van der Waals surface area contributed by atoms with Crippen molar-refractivity contribution in [2.24, 2.45) is 0 Å². The van der Waals surface area contributed by atoms with Gasteiger partial charge in [0.2, 0.25) is 0 Å². The molecule has 2 rings (SSSR count). The van der Waals surface area contributed by atoms with E-state index in [1.807, 2.05) is 14.0 Å². The molecule has 78 valence electrons. The average molecular weight is 200 g/mol. The van der Waals surface area contributed by atoms with Crippen LogP contribution in [0.5, 0.6) is 0 Å². The van der Waals surface area contributed by atoms with Crippen LogP contribution in [0.15, 0.2) is 24.3 Å². The molecule has 0 spiro atoms. The van der Waals surface area contributed by atoms with Crippen LogP contribution >= 0.6 is 0 Å². The van der Waals surface area contributed by atoms with Crippen molar-refractivity contribution in [2.75, 3.05) is 13.6 Å². The number of rotatable bonds is 3. The van der Waals surface area contributed by atoms with Crippen LogP contribution < -0.4 is 0 Å². The van der Waals surface area contributed by atoms with E-state index >= 15 is 0 Å². The zero-order chi connectivity index (χ0) is 10.8. The Hall–Kier alpha value is -1.33. The molecule has 0 fully saturated rings. The van der Waals surface area contributed by atoms with Gasteiger partial charge < -0.3 is 0 Å². The molecule has 0 N–H and O–H groups in total. The van der Waals surface area contributed by atoms with Crippen LogP contribution in [0.1, 0.15) is 24.0 Å². The van der Waals surface area contributed by atoms with Gasteiger partial charge in [0.25, 0.3) is 0 Å². The molecule has 1 aliphatic rings. The third-order valence-electron chi connectivity index (χ3n) is 3.32. The third kappa shape index (κ3) is 1.88. The lowest BCUT2D eigenvalue weighted by atomic mass is 9.77. The maximum atomic E-state index is 8.81. The highest BCUT2D eigenvalue weighted by molar-refractivity contribution is 5.40.